The van der Waals surface area contributed by atoms with Crippen LogP contribution in [-0.2, 0) is 11.3 Å². The molecule has 23 heavy (non-hydrogen) atoms. The highest BCUT2D eigenvalue weighted by Gasteiger charge is 2.17. The third-order valence-electron chi connectivity index (χ3n) is 3.28. The van der Waals surface area contributed by atoms with Crippen molar-refractivity contribution in [1.82, 2.24) is 4.90 Å². The normalized spacial score (nSPS) is 10.5. The lowest BCUT2D eigenvalue weighted by Gasteiger charge is -2.24. The SMILES string of the molecule is CN(CC(=O)N(CCC#N)c1ccccc1)Cc1ccc(Br)s1. The van der Waals surface area contributed by atoms with Crippen LogP contribution in [0.3, 0.4) is 0 Å². The van der Waals surface area contributed by atoms with E-state index in [0.717, 1.165) is 16.0 Å². The second-order valence-electron chi connectivity index (χ2n) is 5.17. The topological polar surface area (TPSA) is 47.3 Å². The first-order chi connectivity index (χ1) is 11.1. The third kappa shape index (κ3) is 5.47. The molecule has 4 nitrogen and oxygen atoms in total. The Morgan fingerprint density at radius 2 is 2.00 bits per heavy atom. The summed E-state index contributed by atoms with van der Waals surface area (Å²) in [5.41, 5.74) is 0.833. The number of halogens is 1. The molecule has 0 saturated carbocycles. The summed E-state index contributed by atoms with van der Waals surface area (Å²) >= 11 is 5.12. The molecule has 1 aromatic carbocycles. The molecule has 0 fully saturated rings. The number of carbonyl (C=O) groups excluding carboxylic acids is 1. The Morgan fingerprint density at radius 1 is 1.26 bits per heavy atom. The highest BCUT2D eigenvalue weighted by atomic mass is 79.9. The third-order valence-corrected chi connectivity index (χ3v) is 4.88. The molecule has 1 amide bonds. The van der Waals surface area contributed by atoms with Crippen LogP contribution in [0.1, 0.15) is 11.3 Å². The van der Waals surface area contributed by atoms with Crippen molar-refractivity contribution < 1.29 is 4.79 Å². The van der Waals surface area contributed by atoms with Gasteiger partial charge in [0.2, 0.25) is 5.91 Å². The fourth-order valence-electron chi connectivity index (χ4n) is 2.24. The van der Waals surface area contributed by atoms with Gasteiger partial charge in [0, 0.05) is 23.7 Å². The van der Waals surface area contributed by atoms with E-state index >= 15 is 0 Å². The van der Waals surface area contributed by atoms with Gasteiger partial charge in [-0.1, -0.05) is 18.2 Å². The molecule has 2 rings (SSSR count). The van der Waals surface area contributed by atoms with Crippen molar-refractivity contribution in [2.24, 2.45) is 0 Å². The Labute approximate surface area is 149 Å². The van der Waals surface area contributed by atoms with E-state index < -0.39 is 0 Å². The zero-order valence-electron chi connectivity index (χ0n) is 12.9. The van der Waals surface area contributed by atoms with Gasteiger partial charge in [-0.2, -0.15) is 5.26 Å². The monoisotopic (exact) mass is 391 g/mol. The van der Waals surface area contributed by atoms with Crippen molar-refractivity contribution in [3.05, 3.63) is 51.1 Å². The number of para-hydroxylation sites is 1. The maximum absolute atomic E-state index is 12.6. The molecule has 0 N–H and O–H groups in total. The van der Waals surface area contributed by atoms with Crippen LogP contribution in [0.25, 0.3) is 0 Å². The number of carbonyl (C=O) groups is 1. The maximum Gasteiger partial charge on any atom is 0.241 e. The predicted molar refractivity (Wildman–Crippen MR) is 97.4 cm³/mol. The zero-order chi connectivity index (χ0) is 16.7. The number of rotatable bonds is 7. The molecule has 2 aromatic rings. The molecule has 0 saturated heterocycles. The smallest absolute Gasteiger partial charge is 0.241 e. The number of anilines is 1. The molecular weight excluding hydrogens is 374 g/mol. The average Bonchev–Trinajstić information content (AvgIpc) is 2.93. The summed E-state index contributed by atoms with van der Waals surface area (Å²) in [4.78, 5) is 17.5. The van der Waals surface area contributed by atoms with Gasteiger partial charge in [0.15, 0.2) is 0 Å². The van der Waals surface area contributed by atoms with Crippen molar-refractivity contribution in [2.45, 2.75) is 13.0 Å². The van der Waals surface area contributed by atoms with Crippen LogP contribution >= 0.6 is 27.3 Å². The summed E-state index contributed by atoms with van der Waals surface area (Å²) < 4.78 is 1.09. The van der Waals surface area contributed by atoms with Crippen molar-refractivity contribution in [3.63, 3.8) is 0 Å². The first-order valence-corrected chi connectivity index (χ1v) is 8.86. The summed E-state index contributed by atoms with van der Waals surface area (Å²) in [5.74, 6) is 0.00423. The average molecular weight is 392 g/mol. The van der Waals surface area contributed by atoms with Crippen LogP contribution in [0, 0.1) is 11.3 Å². The largest absolute Gasteiger partial charge is 0.310 e. The molecule has 0 unspecified atom stereocenters. The van der Waals surface area contributed by atoms with Gasteiger partial charge in [-0.25, -0.2) is 0 Å². The molecule has 1 aromatic heterocycles. The lowest BCUT2D eigenvalue weighted by atomic mass is 10.2. The first-order valence-electron chi connectivity index (χ1n) is 7.25. The van der Waals surface area contributed by atoms with Gasteiger partial charge >= 0.3 is 0 Å². The Bertz CT molecular complexity index is 681. The van der Waals surface area contributed by atoms with Crippen LogP contribution in [0.5, 0.6) is 0 Å². The molecule has 0 aliphatic heterocycles. The van der Waals surface area contributed by atoms with Gasteiger partial charge in [-0.3, -0.25) is 9.69 Å². The van der Waals surface area contributed by atoms with Crippen molar-refractivity contribution >= 4 is 38.9 Å². The van der Waals surface area contributed by atoms with Gasteiger partial charge in [0.25, 0.3) is 0 Å². The first kappa shape index (κ1) is 17.7. The van der Waals surface area contributed by atoms with Gasteiger partial charge in [0.05, 0.1) is 22.8 Å². The van der Waals surface area contributed by atoms with E-state index in [4.69, 9.17) is 5.26 Å². The second kappa shape index (κ2) is 8.82. The minimum absolute atomic E-state index is 0.00423. The Balaban J connectivity index is 2.01. The number of nitriles is 1. The second-order valence-corrected chi connectivity index (χ2v) is 7.71. The lowest BCUT2D eigenvalue weighted by molar-refractivity contribution is -0.119. The van der Waals surface area contributed by atoms with Gasteiger partial charge in [-0.05, 0) is 47.2 Å². The molecule has 0 bridgehead atoms. The van der Waals surface area contributed by atoms with Crippen LogP contribution in [0.4, 0.5) is 5.69 Å². The number of benzene rings is 1. The quantitative estimate of drug-likeness (QED) is 0.718. The van der Waals surface area contributed by atoms with E-state index in [-0.39, 0.29) is 5.91 Å². The minimum atomic E-state index is 0.00423. The zero-order valence-corrected chi connectivity index (χ0v) is 15.3. The number of likely N-dealkylation sites (N-methyl/N-ethyl adjacent to an activating group) is 1. The summed E-state index contributed by atoms with van der Waals surface area (Å²) in [6.07, 6.45) is 0.322. The number of hydrogen-bond donors (Lipinski definition) is 0. The summed E-state index contributed by atoms with van der Waals surface area (Å²) in [6.45, 7) is 1.45. The standard InChI is InChI=1S/C17H18BrN3OS/c1-20(12-15-8-9-16(18)23-15)13-17(22)21(11-5-10-19)14-6-3-2-4-7-14/h2-4,6-9H,5,11-13H2,1H3. The highest BCUT2D eigenvalue weighted by Crippen LogP contribution is 2.23. The van der Waals surface area contributed by atoms with E-state index in [1.807, 2.05) is 48.3 Å². The molecule has 0 radical (unpaired) electrons. The number of thiophene rings is 1. The van der Waals surface area contributed by atoms with Crippen molar-refractivity contribution in [2.75, 3.05) is 25.0 Å². The molecule has 1 heterocycles. The predicted octanol–water partition coefficient (Wildman–Crippen LogP) is 3.89. The van der Waals surface area contributed by atoms with Gasteiger partial charge < -0.3 is 4.90 Å². The van der Waals surface area contributed by atoms with Crippen LogP contribution < -0.4 is 4.90 Å². The van der Waals surface area contributed by atoms with E-state index in [1.165, 1.54) is 4.88 Å². The van der Waals surface area contributed by atoms with E-state index in [2.05, 4.69) is 28.1 Å². The van der Waals surface area contributed by atoms with Gasteiger partial charge in [-0.15, -0.1) is 11.3 Å². The fraction of sp³-hybridized carbons (Fsp3) is 0.294. The van der Waals surface area contributed by atoms with Crippen LogP contribution in [0.15, 0.2) is 46.3 Å². The molecular formula is C17H18BrN3OS. The Hall–Kier alpha value is -1.68. The summed E-state index contributed by atoms with van der Waals surface area (Å²) in [7, 11) is 1.93. The fourth-order valence-corrected chi connectivity index (χ4v) is 3.81. The van der Waals surface area contributed by atoms with E-state index in [9.17, 15) is 4.79 Å². The summed E-state index contributed by atoms with van der Waals surface area (Å²) in [5, 5.41) is 8.82. The molecule has 0 aliphatic rings. The Kier molecular flexibility index (Phi) is 6.78. The number of hydrogen-bond acceptors (Lipinski definition) is 4. The van der Waals surface area contributed by atoms with Crippen molar-refractivity contribution in [1.29, 1.82) is 5.26 Å². The van der Waals surface area contributed by atoms with Gasteiger partial charge in [0.1, 0.15) is 0 Å². The van der Waals surface area contributed by atoms with E-state index in [1.54, 1.807) is 16.2 Å². The maximum atomic E-state index is 12.6. The van der Waals surface area contributed by atoms with Crippen molar-refractivity contribution in [3.8, 4) is 6.07 Å². The minimum Gasteiger partial charge on any atom is -0.310 e. The number of nitrogens with zero attached hydrogens (tertiary/aromatic N) is 3. The van der Waals surface area contributed by atoms with Crippen LogP contribution in [0.2, 0.25) is 0 Å². The Morgan fingerprint density at radius 3 is 2.61 bits per heavy atom. The molecule has 120 valence electrons. The summed E-state index contributed by atoms with van der Waals surface area (Å²) in [6, 6.07) is 15.7. The number of amides is 1. The molecule has 0 atom stereocenters. The molecule has 0 aliphatic carbocycles. The highest BCUT2D eigenvalue weighted by molar-refractivity contribution is 9.11. The van der Waals surface area contributed by atoms with Crippen LogP contribution in [-0.4, -0.2) is 30.9 Å². The lowest BCUT2D eigenvalue weighted by Crippen LogP contribution is -2.39. The molecule has 6 heteroatoms. The molecule has 0 spiro atoms. The van der Waals surface area contributed by atoms with E-state index in [0.29, 0.717) is 19.5 Å².